The molecule has 134 valence electrons. The second-order valence-corrected chi connectivity index (χ2v) is 5.09. The number of alkyl carbamates (subject to hydrolysis) is 1. The molecule has 1 aromatic carbocycles. The van der Waals surface area contributed by atoms with Crippen molar-refractivity contribution in [1.82, 2.24) is 5.32 Å². The molecule has 0 radical (unpaired) electrons. The van der Waals surface area contributed by atoms with Crippen molar-refractivity contribution in [3.63, 3.8) is 0 Å². The number of aliphatic carboxylic acids is 1. The number of nitrogens with one attached hydrogen (secondary N) is 1. The summed E-state index contributed by atoms with van der Waals surface area (Å²) in [5.41, 5.74) is 8.48. The van der Waals surface area contributed by atoms with Gasteiger partial charge in [0, 0.05) is 29.0 Å². The van der Waals surface area contributed by atoms with Crippen molar-refractivity contribution in [2.45, 2.75) is 25.3 Å². The number of hydrogen-bond acceptors (Lipinski definition) is 6. The highest BCUT2D eigenvalue weighted by molar-refractivity contribution is 5.79. The maximum absolute atomic E-state index is 11.7. The lowest BCUT2D eigenvalue weighted by Gasteiger charge is -2.16. The van der Waals surface area contributed by atoms with E-state index in [0.29, 0.717) is 5.56 Å². The fourth-order valence-corrected chi connectivity index (χ4v) is 2.03. The molecule has 0 saturated carbocycles. The van der Waals surface area contributed by atoms with Crippen molar-refractivity contribution in [3.05, 3.63) is 50.4 Å². The number of carboxylic acid groups (broad SMARTS) is 1. The molecule has 1 unspecified atom stereocenters. The fourth-order valence-electron chi connectivity index (χ4n) is 2.03. The lowest BCUT2D eigenvalue weighted by Crippen LogP contribution is -2.41. The van der Waals surface area contributed by atoms with E-state index in [2.05, 4.69) is 15.3 Å². The SMILES string of the molecule is CC(COC(=O)N[C@@H](CCN=[N+]=[N-])C(=O)O)c1ccccc1[N+](=O)[O-]. The molecular formula is C14H17N5O6. The first-order valence-electron chi connectivity index (χ1n) is 7.27. The first-order chi connectivity index (χ1) is 11.9. The molecule has 0 spiro atoms. The number of para-hydroxylation sites is 1. The van der Waals surface area contributed by atoms with Crippen LogP contribution >= 0.6 is 0 Å². The van der Waals surface area contributed by atoms with Crippen LogP contribution in [0.25, 0.3) is 10.4 Å². The van der Waals surface area contributed by atoms with Crippen molar-refractivity contribution in [3.8, 4) is 0 Å². The summed E-state index contributed by atoms with van der Waals surface area (Å²) in [5, 5.41) is 25.3. The molecular weight excluding hydrogens is 334 g/mol. The molecule has 0 heterocycles. The summed E-state index contributed by atoms with van der Waals surface area (Å²) >= 11 is 0. The fraction of sp³-hybridized carbons (Fsp3) is 0.429. The minimum atomic E-state index is -1.29. The minimum absolute atomic E-state index is 0.0863. The quantitative estimate of drug-likeness (QED) is 0.228. The van der Waals surface area contributed by atoms with Gasteiger partial charge in [-0.2, -0.15) is 0 Å². The van der Waals surface area contributed by atoms with Crippen LogP contribution in [0.2, 0.25) is 0 Å². The van der Waals surface area contributed by atoms with Gasteiger partial charge in [0.1, 0.15) is 12.6 Å². The van der Waals surface area contributed by atoms with Crippen molar-refractivity contribution in [2.75, 3.05) is 13.2 Å². The topological polar surface area (TPSA) is 168 Å². The number of ether oxygens (including phenoxy) is 1. The number of nitrogens with zero attached hydrogens (tertiary/aromatic N) is 4. The molecule has 2 atom stereocenters. The van der Waals surface area contributed by atoms with E-state index >= 15 is 0 Å². The predicted octanol–water partition coefficient (Wildman–Crippen LogP) is 2.58. The zero-order chi connectivity index (χ0) is 18.8. The Morgan fingerprint density at radius 2 is 2.16 bits per heavy atom. The molecule has 2 N–H and O–H groups in total. The van der Waals surface area contributed by atoms with E-state index in [1.807, 2.05) is 0 Å². The number of benzene rings is 1. The molecule has 1 aromatic rings. The van der Waals surface area contributed by atoms with Gasteiger partial charge in [0.25, 0.3) is 5.69 Å². The monoisotopic (exact) mass is 351 g/mol. The van der Waals surface area contributed by atoms with E-state index < -0.39 is 28.9 Å². The average Bonchev–Trinajstić information content (AvgIpc) is 2.58. The normalized spacial score (nSPS) is 12.4. The lowest BCUT2D eigenvalue weighted by molar-refractivity contribution is -0.385. The number of rotatable bonds is 9. The first kappa shape index (κ1) is 19.7. The summed E-state index contributed by atoms with van der Waals surface area (Å²) < 4.78 is 4.94. The van der Waals surface area contributed by atoms with Gasteiger partial charge in [-0.15, -0.1) is 0 Å². The number of nitro groups is 1. The van der Waals surface area contributed by atoms with Crippen LogP contribution in [-0.2, 0) is 9.53 Å². The second kappa shape index (κ2) is 9.73. The zero-order valence-corrected chi connectivity index (χ0v) is 13.4. The highest BCUT2D eigenvalue weighted by atomic mass is 16.6. The van der Waals surface area contributed by atoms with Crippen LogP contribution in [0.3, 0.4) is 0 Å². The molecule has 0 aromatic heterocycles. The molecule has 11 heteroatoms. The predicted molar refractivity (Wildman–Crippen MR) is 86.0 cm³/mol. The first-order valence-corrected chi connectivity index (χ1v) is 7.27. The van der Waals surface area contributed by atoms with E-state index in [1.165, 1.54) is 12.1 Å². The van der Waals surface area contributed by atoms with Crippen molar-refractivity contribution in [2.24, 2.45) is 5.11 Å². The van der Waals surface area contributed by atoms with Crippen molar-refractivity contribution >= 4 is 17.7 Å². The molecule has 0 saturated heterocycles. The summed E-state index contributed by atoms with van der Waals surface area (Å²) in [4.78, 5) is 35.7. The lowest BCUT2D eigenvalue weighted by atomic mass is 10.0. The maximum Gasteiger partial charge on any atom is 0.407 e. The van der Waals surface area contributed by atoms with Gasteiger partial charge in [-0.25, -0.2) is 9.59 Å². The Morgan fingerprint density at radius 1 is 1.48 bits per heavy atom. The highest BCUT2D eigenvalue weighted by Crippen LogP contribution is 2.26. The summed E-state index contributed by atoms with van der Waals surface area (Å²) in [6.07, 6.45) is -1.06. The van der Waals surface area contributed by atoms with Crippen LogP contribution in [0.1, 0.15) is 24.8 Å². The minimum Gasteiger partial charge on any atom is -0.480 e. The highest BCUT2D eigenvalue weighted by Gasteiger charge is 2.22. The van der Waals surface area contributed by atoms with Gasteiger partial charge in [-0.1, -0.05) is 30.2 Å². The molecule has 1 rings (SSSR count). The molecule has 1 amide bonds. The van der Waals surface area contributed by atoms with Gasteiger partial charge in [-0.3, -0.25) is 10.1 Å². The number of hydrogen-bond donors (Lipinski definition) is 2. The summed E-state index contributed by atoms with van der Waals surface area (Å²) in [6, 6.07) is 4.81. The smallest absolute Gasteiger partial charge is 0.407 e. The Bertz CT molecular complexity index is 688. The van der Waals surface area contributed by atoms with Crippen LogP contribution in [0.15, 0.2) is 29.4 Å². The molecule has 0 fully saturated rings. The van der Waals surface area contributed by atoms with Crippen LogP contribution in [-0.4, -0.2) is 41.3 Å². The summed E-state index contributed by atoms with van der Waals surface area (Å²) in [7, 11) is 0. The number of carbonyl (C=O) groups is 2. The van der Waals surface area contributed by atoms with Crippen LogP contribution in [0.5, 0.6) is 0 Å². The van der Waals surface area contributed by atoms with Gasteiger partial charge in [-0.05, 0) is 12.0 Å². The third-order valence-corrected chi connectivity index (χ3v) is 3.30. The molecule has 11 nitrogen and oxygen atoms in total. The number of nitro benzene ring substituents is 1. The Balaban J connectivity index is 2.61. The Labute approximate surface area is 142 Å². The Kier molecular flexibility index (Phi) is 7.67. The Hall–Kier alpha value is -3.33. The maximum atomic E-state index is 11.7. The number of azide groups is 1. The van der Waals surface area contributed by atoms with E-state index in [0.717, 1.165) is 0 Å². The average molecular weight is 351 g/mol. The van der Waals surface area contributed by atoms with E-state index in [4.69, 9.17) is 15.4 Å². The third kappa shape index (κ3) is 6.36. The Morgan fingerprint density at radius 3 is 2.76 bits per heavy atom. The van der Waals surface area contributed by atoms with Gasteiger partial charge >= 0.3 is 12.1 Å². The number of carbonyl (C=O) groups excluding carboxylic acids is 1. The van der Waals surface area contributed by atoms with E-state index in [1.54, 1.807) is 19.1 Å². The van der Waals surface area contributed by atoms with Crippen molar-refractivity contribution in [1.29, 1.82) is 0 Å². The number of amides is 1. The molecule has 0 bridgehead atoms. The standard InChI is InChI=1S/C14H17N5O6/c1-9(10-4-2-3-5-12(10)19(23)24)8-25-14(22)17-11(13(20)21)6-7-16-18-15/h2-5,9,11H,6-8H2,1H3,(H,17,22)(H,20,21)/t9?,11-/m0/s1. The second-order valence-electron chi connectivity index (χ2n) is 5.09. The summed E-state index contributed by atoms with van der Waals surface area (Å²) in [5.74, 6) is -1.75. The van der Waals surface area contributed by atoms with Gasteiger partial charge in [0.2, 0.25) is 0 Å². The largest absolute Gasteiger partial charge is 0.480 e. The molecule has 0 aliphatic rings. The summed E-state index contributed by atoms with van der Waals surface area (Å²) in [6.45, 7) is 1.38. The number of carboxylic acids is 1. The van der Waals surface area contributed by atoms with Gasteiger partial charge < -0.3 is 15.2 Å². The van der Waals surface area contributed by atoms with Crippen molar-refractivity contribution < 1.29 is 24.4 Å². The van der Waals surface area contributed by atoms with Crippen LogP contribution < -0.4 is 5.32 Å². The molecule has 25 heavy (non-hydrogen) atoms. The van der Waals surface area contributed by atoms with E-state index in [-0.39, 0.29) is 25.3 Å². The molecule has 0 aliphatic carbocycles. The molecule has 0 aliphatic heterocycles. The van der Waals surface area contributed by atoms with Crippen LogP contribution in [0, 0.1) is 10.1 Å². The third-order valence-electron chi connectivity index (χ3n) is 3.30. The zero-order valence-electron chi connectivity index (χ0n) is 13.4. The van der Waals surface area contributed by atoms with Crippen LogP contribution in [0.4, 0.5) is 10.5 Å². The van der Waals surface area contributed by atoms with Gasteiger partial charge in [0.15, 0.2) is 0 Å². The van der Waals surface area contributed by atoms with Gasteiger partial charge in [0.05, 0.1) is 4.92 Å². The van der Waals surface area contributed by atoms with E-state index in [9.17, 15) is 19.7 Å².